The van der Waals surface area contributed by atoms with Crippen LogP contribution in [0.2, 0.25) is 0 Å². The number of alkyl carbamates (subject to hydrolysis) is 1. The summed E-state index contributed by atoms with van der Waals surface area (Å²) in [6.07, 6.45) is -1.10. The highest BCUT2D eigenvalue weighted by Gasteiger charge is 2.38. The number of amides is 1. The van der Waals surface area contributed by atoms with Gasteiger partial charge in [0.25, 0.3) is 0 Å². The van der Waals surface area contributed by atoms with Crippen molar-refractivity contribution in [1.29, 1.82) is 0 Å². The predicted molar refractivity (Wildman–Crippen MR) is 144 cm³/mol. The van der Waals surface area contributed by atoms with Crippen molar-refractivity contribution in [2.45, 2.75) is 52.0 Å². The molecule has 0 aliphatic rings. The zero-order chi connectivity index (χ0) is 28.3. The summed E-state index contributed by atoms with van der Waals surface area (Å²) in [4.78, 5) is 52.2. The molecule has 0 heterocycles. The molecule has 1 N–H and O–H groups in total. The third-order valence-electron chi connectivity index (χ3n) is 5.54. The molecule has 39 heavy (non-hydrogen) atoms. The molecular formula is C31H33NO7. The highest BCUT2D eigenvalue weighted by molar-refractivity contribution is 6.15. The Kier molecular flexibility index (Phi) is 10.4. The molecule has 3 aromatic rings. The second-order valence-electron chi connectivity index (χ2n) is 9.90. The molecule has 8 heteroatoms. The number of carbonyl (C=O) groups excluding carboxylic acids is 4. The van der Waals surface area contributed by atoms with E-state index in [4.69, 9.17) is 14.2 Å². The molecule has 0 aliphatic heterocycles. The fourth-order valence-electron chi connectivity index (χ4n) is 3.69. The van der Waals surface area contributed by atoms with E-state index in [1.807, 2.05) is 12.1 Å². The summed E-state index contributed by atoms with van der Waals surface area (Å²) in [5.74, 6) is -4.63. The maximum Gasteiger partial charge on any atom is 0.408 e. The van der Waals surface area contributed by atoms with Crippen molar-refractivity contribution in [3.05, 3.63) is 108 Å². The van der Waals surface area contributed by atoms with Crippen LogP contribution in [0.4, 0.5) is 4.79 Å². The third kappa shape index (κ3) is 9.74. The molecule has 1 atom stereocenters. The van der Waals surface area contributed by atoms with Crippen LogP contribution in [0.3, 0.4) is 0 Å². The topological polar surface area (TPSA) is 108 Å². The van der Waals surface area contributed by atoms with Gasteiger partial charge in [0, 0.05) is 6.42 Å². The minimum atomic E-state index is -1.83. The lowest BCUT2D eigenvalue weighted by Gasteiger charge is -2.24. The molecule has 3 aromatic carbocycles. The van der Waals surface area contributed by atoms with E-state index >= 15 is 0 Å². The maximum atomic E-state index is 13.5. The van der Waals surface area contributed by atoms with Gasteiger partial charge in [-0.3, -0.25) is 14.4 Å². The Labute approximate surface area is 228 Å². The van der Waals surface area contributed by atoms with Crippen molar-refractivity contribution in [2.24, 2.45) is 5.92 Å². The molecule has 0 radical (unpaired) electrons. The average molecular weight is 532 g/mol. The normalized spacial score (nSPS) is 11.8. The molecule has 0 spiro atoms. The van der Waals surface area contributed by atoms with Crippen LogP contribution in [0.1, 0.15) is 49.9 Å². The van der Waals surface area contributed by atoms with Crippen molar-refractivity contribution in [3.8, 4) is 0 Å². The van der Waals surface area contributed by atoms with Crippen LogP contribution >= 0.6 is 0 Å². The van der Waals surface area contributed by atoms with Gasteiger partial charge in [-0.25, -0.2) is 4.79 Å². The molecule has 3 rings (SSSR count). The number of nitrogens with one attached hydrogen (secondary N) is 1. The number of ether oxygens (including phenoxy) is 3. The number of Topliss-reactive ketones (excluding diaryl/α,β-unsaturated/α-hetero) is 1. The van der Waals surface area contributed by atoms with Gasteiger partial charge >= 0.3 is 18.0 Å². The first-order valence-electron chi connectivity index (χ1n) is 12.6. The lowest BCUT2D eigenvalue weighted by molar-refractivity contribution is -0.166. The maximum absolute atomic E-state index is 13.5. The SMILES string of the molecule is CC(C)(C)OC(=O)N[C@H](CC(=O)C(C(=O)OCc1ccccc1)C(=O)OCc1ccccc1)c1ccccc1. The fourth-order valence-corrected chi connectivity index (χ4v) is 3.69. The van der Waals surface area contributed by atoms with Crippen LogP contribution in [0.15, 0.2) is 91.0 Å². The molecule has 0 saturated heterocycles. The number of hydrogen-bond acceptors (Lipinski definition) is 7. The monoisotopic (exact) mass is 531 g/mol. The highest BCUT2D eigenvalue weighted by atomic mass is 16.6. The van der Waals surface area contributed by atoms with Crippen LogP contribution in [0.5, 0.6) is 0 Å². The Hall–Kier alpha value is -4.46. The molecule has 0 aliphatic carbocycles. The zero-order valence-corrected chi connectivity index (χ0v) is 22.3. The number of rotatable bonds is 11. The average Bonchev–Trinajstić information content (AvgIpc) is 2.91. The number of esters is 2. The molecule has 1 amide bonds. The van der Waals surface area contributed by atoms with Gasteiger partial charge in [-0.05, 0) is 37.5 Å². The summed E-state index contributed by atoms with van der Waals surface area (Å²) in [5.41, 5.74) is 1.23. The van der Waals surface area contributed by atoms with E-state index in [-0.39, 0.29) is 19.6 Å². The summed E-state index contributed by atoms with van der Waals surface area (Å²) in [7, 11) is 0. The summed E-state index contributed by atoms with van der Waals surface area (Å²) in [6, 6.07) is 25.7. The van der Waals surface area contributed by atoms with Crippen LogP contribution in [0, 0.1) is 5.92 Å². The van der Waals surface area contributed by atoms with Gasteiger partial charge in [0.2, 0.25) is 5.92 Å². The Morgan fingerprint density at radius 2 is 1.13 bits per heavy atom. The molecule has 0 fully saturated rings. The number of hydrogen-bond donors (Lipinski definition) is 1. The Balaban J connectivity index is 1.80. The summed E-state index contributed by atoms with van der Waals surface area (Å²) < 4.78 is 16.0. The first-order chi connectivity index (χ1) is 18.6. The highest BCUT2D eigenvalue weighted by Crippen LogP contribution is 2.22. The summed E-state index contributed by atoms with van der Waals surface area (Å²) >= 11 is 0. The molecule has 0 saturated carbocycles. The fraction of sp³-hybridized carbons (Fsp3) is 0.290. The van der Waals surface area contributed by atoms with E-state index in [1.165, 1.54) is 0 Å². The van der Waals surface area contributed by atoms with E-state index in [0.29, 0.717) is 16.7 Å². The van der Waals surface area contributed by atoms with Crippen molar-refractivity contribution in [1.82, 2.24) is 5.32 Å². The van der Waals surface area contributed by atoms with Crippen molar-refractivity contribution in [2.75, 3.05) is 0 Å². The Morgan fingerprint density at radius 3 is 1.56 bits per heavy atom. The second-order valence-corrected chi connectivity index (χ2v) is 9.90. The standard InChI is InChI=1S/C31H33NO7/c1-31(2,3)39-30(36)32-25(24-17-11-6-12-18-24)19-26(33)27(28(34)37-20-22-13-7-4-8-14-22)29(35)38-21-23-15-9-5-10-16-23/h4-18,25,27H,19-21H2,1-3H3,(H,32,36)/t25-/m1/s1. The molecule has 8 nitrogen and oxygen atoms in total. The largest absolute Gasteiger partial charge is 0.460 e. The van der Waals surface area contributed by atoms with E-state index in [1.54, 1.807) is 99.6 Å². The van der Waals surface area contributed by atoms with Crippen LogP contribution in [-0.4, -0.2) is 29.4 Å². The number of benzene rings is 3. The van der Waals surface area contributed by atoms with Gasteiger partial charge in [0.1, 0.15) is 18.8 Å². The van der Waals surface area contributed by atoms with Crippen molar-refractivity contribution < 1.29 is 33.4 Å². The van der Waals surface area contributed by atoms with E-state index in [0.717, 1.165) is 0 Å². The lowest BCUT2D eigenvalue weighted by Crippen LogP contribution is -2.39. The quantitative estimate of drug-likeness (QED) is 0.203. The van der Waals surface area contributed by atoms with Gasteiger partial charge in [0.05, 0.1) is 6.04 Å². The predicted octanol–water partition coefficient (Wildman–Crippen LogP) is 5.31. The summed E-state index contributed by atoms with van der Waals surface area (Å²) in [6.45, 7) is 4.92. The Bertz CT molecular complexity index is 1180. The molecule has 204 valence electrons. The zero-order valence-electron chi connectivity index (χ0n) is 22.3. The first-order valence-corrected chi connectivity index (χ1v) is 12.6. The van der Waals surface area contributed by atoms with Gasteiger partial charge < -0.3 is 19.5 Å². The van der Waals surface area contributed by atoms with Crippen LogP contribution in [0.25, 0.3) is 0 Å². The second kappa shape index (κ2) is 13.9. The van der Waals surface area contributed by atoms with Crippen LogP contribution in [-0.2, 0) is 41.8 Å². The van der Waals surface area contributed by atoms with Gasteiger partial charge in [-0.15, -0.1) is 0 Å². The van der Waals surface area contributed by atoms with E-state index in [2.05, 4.69) is 5.32 Å². The number of ketones is 1. The van der Waals surface area contributed by atoms with E-state index < -0.39 is 41.4 Å². The van der Waals surface area contributed by atoms with Crippen molar-refractivity contribution >= 4 is 23.8 Å². The number of carbonyl (C=O) groups is 4. The van der Waals surface area contributed by atoms with Gasteiger partial charge in [-0.2, -0.15) is 0 Å². The minimum Gasteiger partial charge on any atom is -0.460 e. The minimum absolute atomic E-state index is 0.117. The summed E-state index contributed by atoms with van der Waals surface area (Å²) in [5, 5.41) is 2.68. The van der Waals surface area contributed by atoms with E-state index in [9.17, 15) is 19.2 Å². The third-order valence-corrected chi connectivity index (χ3v) is 5.54. The molecule has 0 aromatic heterocycles. The lowest BCUT2D eigenvalue weighted by atomic mass is 9.94. The molecular weight excluding hydrogens is 498 g/mol. The first kappa shape index (κ1) is 29.1. The van der Waals surface area contributed by atoms with Gasteiger partial charge in [-0.1, -0.05) is 91.0 Å². The van der Waals surface area contributed by atoms with Crippen molar-refractivity contribution in [3.63, 3.8) is 0 Å². The molecule has 0 unspecified atom stereocenters. The Morgan fingerprint density at radius 1 is 0.692 bits per heavy atom. The smallest absolute Gasteiger partial charge is 0.408 e. The van der Waals surface area contributed by atoms with Crippen LogP contribution < -0.4 is 5.32 Å². The van der Waals surface area contributed by atoms with Gasteiger partial charge in [0.15, 0.2) is 5.78 Å². The molecule has 0 bridgehead atoms.